The summed E-state index contributed by atoms with van der Waals surface area (Å²) in [4.78, 5) is 37.9. The van der Waals surface area contributed by atoms with Gasteiger partial charge in [-0.15, -0.1) is 0 Å². The molecule has 0 spiro atoms. The second kappa shape index (κ2) is 5.73. The SMILES string of the molecule is CN1CC(Nc2ncc([N+](=O)[O-])cc2C(=O)O)CCC1=O. The Morgan fingerprint density at radius 1 is 1.62 bits per heavy atom. The molecule has 1 fully saturated rings. The third-order valence-corrected chi connectivity index (χ3v) is 3.28. The van der Waals surface area contributed by atoms with Crippen molar-refractivity contribution in [2.75, 3.05) is 18.9 Å². The number of carbonyl (C=O) groups excluding carboxylic acids is 1. The number of pyridine rings is 1. The number of piperidine rings is 1. The Morgan fingerprint density at radius 2 is 2.33 bits per heavy atom. The highest BCUT2D eigenvalue weighted by Crippen LogP contribution is 2.22. The van der Waals surface area contributed by atoms with Gasteiger partial charge in [-0.05, 0) is 6.42 Å². The number of nitrogens with one attached hydrogen (secondary N) is 1. The molecule has 112 valence electrons. The van der Waals surface area contributed by atoms with Crippen LogP contribution in [-0.4, -0.2) is 51.4 Å². The van der Waals surface area contributed by atoms with E-state index in [9.17, 15) is 19.7 Å². The van der Waals surface area contributed by atoms with Gasteiger partial charge in [-0.2, -0.15) is 0 Å². The van der Waals surface area contributed by atoms with E-state index in [1.54, 1.807) is 11.9 Å². The van der Waals surface area contributed by atoms with Crippen LogP contribution in [-0.2, 0) is 4.79 Å². The van der Waals surface area contributed by atoms with Gasteiger partial charge in [-0.1, -0.05) is 0 Å². The lowest BCUT2D eigenvalue weighted by Gasteiger charge is -2.30. The van der Waals surface area contributed by atoms with Gasteiger partial charge < -0.3 is 15.3 Å². The van der Waals surface area contributed by atoms with Crippen LogP contribution < -0.4 is 5.32 Å². The molecule has 9 heteroatoms. The third-order valence-electron chi connectivity index (χ3n) is 3.28. The van der Waals surface area contributed by atoms with Gasteiger partial charge in [0.25, 0.3) is 5.69 Å². The van der Waals surface area contributed by atoms with Gasteiger partial charge in [-0.25, -0.2) is 9.78 Å². The summed E-state index contributed by atoms with van der Waals surface area (Å²) < 4.78 is 0. The van der Waals surface area contributed by atoms with Crippen LogP contribution in [0.15, 0.2) is 12.3 Å². The van der Waals surface area contributed by atoms with Crippen LogP contribution in [0.25, 0.3) is 0 Å². The number of likely N-dealkylation sites (tertiary alicyclic amines) is 1. The Labute approximate surface area is 119 Å². The number of amides is 1. The fourth-order valence-electron chi connectivity index (χ4n) is 2.16. The zero-order valence-electron chi connectivity index (χ0n) is 11.3. The van der Waals surface area contributed by atoms with Crippen molar-refractivity contribution < 1.29 is 19.6 Å². The molecule has 2 rings (SSSR count). The van der Waals surface area contributed by atoms with Crippen LogP contribution in [0.3, 0.4) is 0 Å². The summed E-state index contributed by atoms with van der Waals surface area (Å²) in [6.45, 7) is 0.427. The first-order valence-corrected chi connectivity index (χ1v) is 6.26. The minimum Gasteiger partial charge on any atom is -0.478 e. The quantitative estimate of drug-likeness (QED) is 0.619. The Bertz CT molecular complexity index is 603. The topological polar surface area (TPSA) is 126 Å². The summed E-state index contributed by atoms with van der Waals surface area (Å²) >= 11 is 0. The van der Waals surface area contributed by atoms with Gasteiger partial charge in [0.1, 0.15) is 17.6 Å². The van der Waals surface area contributed by atoms with E-state index >= 15 is 0 Å². The summed E-state index contributed by atoms with van der Waals surface area (Å²) in [5.41, 5.74) is -0.641. The van der Waals surface area contributed by atoms with E-state index in [0.717, 1.165) is 12.3 Å². The average Bonchev–Trinajstić information content (AvgIpc) is 2.43. The maximum atomic E-state index is 11.4. The maximum absolute atomic E-state index is 11.4. The van der Waals surface area contributed by atoms with Crippen LogP contribution in [0.2, 0.25) is 0 Å². The van der Waals surface area contributed by atoms with Crippen molar-refractivity contribution in [1.29, 1.82) is 0 Å². The number of anilines is 1. The molecule has 0 saturated carbocycles. The number of carbonyl (C=O) groups is 2. The van der Waals surface area contributed by atoms with Crippen LogP contribution in [0.5, 0.6) is 0 Å². The lowest BCUT2D eigenvalue weighted by atomic mass is 10.1. The molecule has 1 amide bonds. The molecular weight excluding hydrogens is 280 g/mol. The number of hydrogen-bond donors (Lipinski definition) is 2. The Balaban J connectivity index is 2.21. The van der Waals surface area contributed by atoms with E-state index in [1.165, 1.54) is 0 Å². The number of likely N-dealkylation sites (N-methyl/N-ethyl adjacent to an activating group) is 1. The predicted octanol–water partition coefficient (Wildman–Crippen LogP) is 0.721. The second-order valence-electron chi connectivity index (χ2n) is 4.81. The largest absolute Gasteiger partial charge is 0.478 e. The maximum Gasteiger partial charge on any atom is 0.339 e. The molecule has 1 aromatic heterocycles. The summed E-state index contributed by atoms with van der Waals surface area (Å²) in [5.74, 6) is -1.20. The van der Waals surface area contributed by atoms with Gasteiger partial charge in [0.05, 0.1) is 4.92 Å². The van der Waals surface area contributed by atoms with Crippen molar-refractivity contribution in [2.24, 2.45) is 0 Å². The first kappa shape index (κ1) is 14.7. The van der Waals surface area contributed by atoms with Crippen LogP contribution >= 0.6 is 0 Å². The molecule has 0 aromatic carbocycles. The van der Waals surface area contributed by atoms with E-state index in [0.29, 0.717) is 19.4 Å². The van der Waals surface area contributed by atoms with Crippen molar-refractivity contribution in [3.05, 3.63) is 27.9 Å². The number of aromatic nitrogens is 1. The van der Waals surface area contributed by atoms with Crippen molar-refractivity contribution in [2.45, 2.75) is 18.9 Å². The number of carboxylic acids is 1. The Hall–Kier alpha value is -2.71. The zero-order chi connectivity index (χ0) is 15.6. The van der Waals surface area contributed by atoms with Gasteiger partial charge >= 0.3 is 5.97 Å². The van der Waals surface area contributed by atoms with Crippen molar-refractivity contribution in [1.82, 2.24) is 9.88 Å². The normalized spacial score (nSPS) is 18.4. The Morgan fingerprint density at radius 3 is 2.90 bits per heavy atom. The summed E-state index contributed by atoms with van der Waals surface area (Å²) in [7, 11) is 1.66. The van der Waals surface area contributed by atoms with Crippen LogP contribution in [0, 0.1) is 10.1 Å². The highest BCUT2D eigenvalue weighted by Gasteiger charge is 2.25. The van der Waals surface area contributed by atoms with Crippen LogP contribution in [0.1, 0.15) is 23.2 Å². The predicted molar refractivity (Wildman–Crippen MR) is 72.1 cm³/mol. The van der Waals surface area contributed by atoms with E-state index in [-0.39, 0.29) is 29.0 Å². The van der Waals surface area contributed by atoms with Crippen molar-refractivity contribution in [3.8, 4) is 0 Å². The molecule has 1 atom stereocenters. The number of nitrogens with zero attached hydrogens (tertiary/aromatic N) is 3. The summed E-state index contributed by atoms with van der Waals surface area (Å²) in [5, 5.41) is 22.7. The van der Waals surface area contributed by atoms with Crippen molar-refractivity contribution >= 4 is 23.4 Å². The summed E-state index contributed by atoms with van der Waals surface area (Å²) in [6, 6.07) is 0.829. The molecule has 1 aliphatic heterocycles. The minimum atomic E-state index is -1.30. The highest BCUT2D eigenvalue weighted by molar-refractivity contribution is 5.93. The average molecular weight is 294 g/mol. The van der Waals surface area contributed by atoms with E-state index in [4.69, 9.17) is 5.11 Å². The first-order chi connectivity index (χ1) is 9.88. The molecule has 0 bridgehead atoms. The fourth-order valence-corrected chi connectivity index (χ4v) is 2.16. The molecule has 1 saturated heterocycles. The molecule has 1 unspecified atom stereocenters. The molecule has 0 radical (unpaired) electrons. The molecule has 2 heterocycles. The lowest BCUT2D eigenvalue weighted by molar-refractivity contribution is -0.385. The smallest absolute Gasteiger partial charge is 0.339 e. The Kier molecular flexibility index (Phi) is 4.01. The highest BCUT2D eigenvalue weighted by atomic mass is 16.6. The lowest BCUT2D eigenvalue weighted by Crippen LogP contribution is -2.43. The number of rotatable bonds is 4. The van der Waals surface area contributed by atoms with E-state index in [1.807, 2.05) is 0 Å². The first-order valence-electron chi connectivity index (χ1n) is 6.26. The molecule has 9 nitrogen and oxygen atoms in total. The standard InChI is InChI=1S/C12H14N4O5/c1-15-6-7(2-3-10(15)17)14-11-9(12(18)19)4-8(5-13-11)16(20)21/h4-5,7H,2-3,6H2,1H3,(H,13,14)(H,18,19). The number of nitro groups is 1. The fraction of sp³-hybridized carbons (Fsp3) is 0.417. The number of carboxylic acid groups (broad SMARTS) is 1. The van der Waals surface area contributed by atoms with Gasteiger partial charge in [-0.3, -0.25) is 14.9 Å². The molecular formula is C12H14N4O5. The van der Waals surface area contributed by atoms with Gasteiger partial charge in [0, 0.05) is 32.1 Å². The van der Waals surface area contributed by atoms with Gasteiger partial charge in [0.15, 0.2) is 0 Å². The van der Waals surface area contributed by atoms with Crippen LogP contribution in [0.4, 0.5) is 11.5 Å². The molecule has 1 aromatic rings. The molecule has 21 heavy (non-hydrogen) atoms. The van der Waals surface area contributed by atoms with Crippen molar-refractivity contribution in [3.63, 3.8) is 0 Å². The van der Waals surface area contributed by atoms with Gasteiger partial charge in [0.2, 0.25) is 5.91 Å². The minimum absolute atomic E-state index is 0.0307. The second-order valence-corrected chi connectivity index (χ2v) is 4.81. The third kappa shape index (κ3) is 3.25. The van der Waals surface area contributed by atoms with E-state index < -0.39 is 10.9 Å². The zero-order valence-corrected chi connectivity index (χ0v) is 11.3. The molecule has 1 aliphatic rings. The van der Waals surface area contributed by atoms with E-state index in [2.05, 4.69) is 10.3 Å². The monoisotopic (exact) mass is 294 g/mol. The molecule has 2 N–H and O–H groups in total. The number of aromatic carboxylic acids is 1. The summed E-state index contributed by atoms with van der Waals surface area (Å²) in [6.07, 6.45) is 1.93. The number of hydrogen-bond acceptors (Lipinski definition) is 6. The molecule has 0 aliphatic carbocycles.